The van der Waals surface area contributed by atoms with E-state index in [2.05, 4.69) is 42.3 Å². The van der Waals surface area contributed by atoms with E-state index in [1.165, 1.54) is 16.8 Å². The summed E-state index contributed by atoms with van der Waals surface area (Å²) in [6.45, 7) is 8.18. The summed E-state index contributed by atoms with van der Waals surface area (Å²) >= 11 is 0. The lowest BCUT2D eigenvalue weighted by Gasteiger charge is -2.34. The predicted molar refractivity (Wildman–Crippen MR) is 76.2 cm³/mol. The fourth-order valence-corrected chi connectivity index (χ4v) is 2.47. The summed E-state index contributed by atoms with van der Waals surface area (Å²) in [5, 5.41) is 3.21. The van der Waals surface area contributed by atoms with Crippen LogP contribution in [0, 0.1) is 6.92 Å². The van der Waals surface area contributed by atoms with Gasteiger partial charge in [-0.1, -0.05) is 13.0 Å². The molecule has 0 aliphatic carbocycles. The second-order valence-electron chi connectivity index (χ2n) is 4.99. The van der Waals surface area contributed by atoms with Crippen molar-refractivity contribution in [2.45, 2.75) is 32.9 Å². The van der Waals surface area contributed by atoms with Crippen LogP contribution in [-0.4, -0.2) is 32.8 Å². The van der Waals surface area contributed by atoms with E-state index >= 15 is 0 Å². The lowest BCUT2D eigenvalue weighted by molar-refractivity contribution is 0.0384. The molecule has 3 nitrogen and oxygen atoms in total. The van der Waals surface area contributed by atoms with Crippen LogP contribution in [0.3, 0.4) is 0 Å². The largest absolute Gasteiger partial charge is 0.375 e. The molecule has 0 bridgehead atoms. The average molecular weight is 248 g/mol. The summed E-state index contributed by atoms with van der Waals surface area (Å²) in [6, 6.07) is 6.76. The molecule has 0 spiro atoms. The van der Waals surface area contributed by atoms with Gasteiger partial charge >= 0.3 is 0 Å². The van der Waals surface area contributed by atoms with Crippen LogP contribution >= 0.6 is 0 Å². The Morgan fingerprint density at radius 1 is 1.44 bits per heavy atom. The third-order valence-electron chi connectivity index (χ3n) is 3.65. The predicted octanol–water partition coefficient (Wildman–Crippen LogP) is 2.33. The lowest BCUT2D eigenvalue weighted by atomic mass is 10.1. The zero-order valence-electron chi connectivity index (χ0n) is 11.7. The number of hydrogen-bond donors (Lipinski definition) is 1. The van der Waals surface area contributed by atoms with Crippen molar-refractivity contribution >= 4 is 5.69 Å². The first-order valence-corrected chi connectivity index (χ1v) is 6.85. The number of benzene rings is 1. The van der Waals surface area contributed by atoms with Gasteiger partial charge in [-0.15, -0.1) is 0 Å². The highest BCUT2D eigenvalue weighted by atomic mass is 16.5. The van der Waals surface area contributed by atoms with Crippen LogP contribution in [0.5, 0.6) is 0 Å². The summed E-state index contributed by atoms with van der Waals surface area (Å²) < 4.78 is 5.72. The molecule has 1 unspecified atom stereocenters. The summed E-state index contributed by atoms with van der Waals surface area (Å²) in [7, 11) is 1.99. The molecule has 2 rings (SSSR count). The molecule has 0 saturated carbocycles. The Kier molecular flexibility index (Phi) is 4.61. The number of aryl methyl sites for hydroxylation is 1. The Hall–Kier alpha value is -1.06. The van der Waals surface area contributed by atoms with Gasteiger partial charge in [0.1, 0.15) is 0 Å². The normalized spacial score (nSPS) is 20.2. The molecule has 1 heterocycles. The van der Waals surface area contributed by atoms with Crippen LogP contribution < -0.4 is 10.2 Å². The number of morpholine rings is 1. The van der Waals surface area contributed by atoms with Gasteiger partial charge in [0.2, 0.25) is 0 Å². The number of hydrogen-bond acceptors (Lipinski definition) is 3. The molecule has 18 heavy (non-hydrogen) atoms. The van der Waals surface area contributed by atoms with Crippen LogP contribution in [-0.2, 0) is 11.3 Å². The monoisotopic (exact) mass is 248 g/mol. The SMILES string of the molecule is CCC1CN(c2ccc(CNC)c(C)c2)CCO1. The summed E-state index contributed by atoms with van der Waals surface area (Å²) in [5.74, 6) is 0. The van der Waals surface area contributed by atoms with E-state index in [1.807, 2.05) is 7.05 Å². The highest BCUT2D eigenvalue weighted by molar-refractivity contribution is 5.51. The third-order valence-corrected chi connectivity index (χ3v) is 3.65. The molecule has 100 valence electrons. The standard InChI is InChI=1S/C15H24N2O/c1-4-15-11-17(7-8-18-15)14-6-5-13(10-16-3)12(2)9-14/h5-6,9,15-16H,4,7-8,10-11H2,1-3H3. The van der Waals surface area contributed by atoms with Crippen LogP contribution in [0.15, 0.2) is 18.2 Å². The van der Waals surface area contributed by atoms with Gasteiger partial charge in [-0.3, -0.25) is 0 Å². The van der Waals surface area contributed by atoms with E-state index in [0.717, 1.165) is 32.7 Å². The molecule has 0 amide bonds. The topological polar surface area (TPSA) is 24.5 Å². The Morgan fingerprint density at radius 3 is 2.94 bits per heavy atom. The van der Waals surface area contributed by atoms with E-state index in [-0.39, 0.29) is 0 Å². The van der Waals surface area contributed by atoms with Gasteiger partial charge in [0.15, 0.2) is 0 Å². The number of nitrogens with zero attached hydrogens (tertiary/aromatic N) is 1. The maximum Gasteiger partial charge on any atom is 0.0748 e. The molecule has 1 aromatic carbocycles. The first kappa shape index (κ1) is 13.4. The maximum atomic E-state index is 5.72. The Balaban J connectivity index is 2.10. The van der Waals surface area contributed by atoms with Crippen molar-refractivity contribution < 1.29 is 4.74 Å². The fourth-order valence-electron chi connectivity index (χ4n) is 2.47. The fraction of sp³-hybridized carbons (Fsp3) is 0.600. The number of rotatable bonds is 4. The quantitative estimate of drug-likeness (QED) is 0.885. The minimum absolute atomic E-state index is 0.385. The van der Waals surface area contributed by atoms with Gasteiger partial charge in [-0.25, -0.2) is 0 Å². The molecule has 1 N–H and O–H groups in total. The van der Waals surface area contributed by atoms with Crippen LogP contribution in [0.1, 0.15) is 24.5 Å². The number of ether oxygens (including phenoxy) is 1. The van der Waals surface area contributed by atoms with Crippen molar-refractivity contribution in [3.05, 3.63) is 29.3 Å². The van der Waals surface area contributed by atoms with Crippen LogP contribution in [0.4, 0.5) is 5.69 Å². The average Bonchev–Trinajstić information content (AvgIpc) is 2.41. The van der Waals surface area contributed by atoms with Gasteiger partial charge in [0, 0.05) is 25.3 Å². The van der Waals surface area contributed by atoms with Crippen molar-refractivity contribution in [1.82, 2.24) is 5.32 Å². The molecule has 0 aromatic heterocycles. The number of anilines is 1. The Labute approximate surface area is 110 Å². The van der Waals surface area contributed by atoms with Crippen molar-refractivity contribution in [3.8, 4) is 0 Å². The third kappa shape index (κ3) is 3.03. The maximum absolute atomic E-state index is 5.72. The van der Waals surface area contributed by atoms with Crippen molar-refractivity contribution in [1.29, 1.82) is 0 Å². The first-order chi connectivity index (χ1) is 8.74. The number of nitrogens with one attached hydrogen (secondary N) is 1. The molecule has 0 radical (unpaired) electrons. The molecule has 1 aromatic rings. The molecular weight excluding hydrogens is 224 g/mol. The summed E-state index contributed by atoms with van der Waals surface area (Å²) in [4.78, 5) is 2.44. The lowest BCUT2D eigenvalue weighted by Crippen LogP contribution is -2.42. The van der Waals surface area contributed by atoms with Gasteiger partial charge < -0.3 is 15.0 Å². The van der Waals surface area contributed by atoms with Crippen LogP contribution in [0.25, 0.3) is 0 Å². The van der Waals surface area contributed by atoms with Gasteiger partial charge in [-0.05, 0) is 43.7 Å². The molecular formula is C15H24N2O. The van der Waals surface area contributed by atoms with Crippen molar-refractivity contribution in [2.24, 2.45) is 0 Å². The second-order valence-corrected chi connectivity index (χ2v) is 4.99. The second kappa shape index (κ2) is 6.21. The Bertz CT molecular complexity index is 392. The van der Waals surface area contributed by atoms with E-state index in [1.54, 1.807) is 0 Å². The van der Waals surface area contributed by atoms with E-state index in [9.17, 15) is 0 Å². The van der Waals surface area contributed by atoms with Crippen molar-refractivity contribution in [2.75, 3.05) is 31.6 Å². The van der Waals surface area contributed by atoms with Gasteiger partial charge in [0.25, 0.3) is 0 Å². The zero-order chi connectivity index (χ0) is 13.0. The summed E-state index contributed by atoms with van der Waals surface area (Å²) in [6.07, 6.45) is 1.48. The van der Waals surface area contributed by atoms with Crippen LogP contribution in [0.2, 0.25) is 0 Å². The first-order valence-electron chi connectivity index (χ1n) is 6.85. The van der Waals surface area contributed by atoms with E-state index in [4.69, 9.17) is 4.74 Å². The molecule has 1 aliphatic heterocycles. The highest BCUT2D eigenvalue weighted by Gasteiger charge is 2.19. The Morgan fingerprint density at radius 2 is 2.28 bits per heavy atom. The van der Waals surface area contributed by atoms with Gasteiger partial charge in [-0.2, -0.15) is 0 Å². The molecule has 1 fully saturated rings. The zero-order valence-corrected chi connectivity index (χ0v) is 11.7. The minimum atomic E-state index is 0.385. The molecule has 1 saturated heterocycles. The summed E-state index contributed by atoms with van der Waals surface area (Å²) in [5.41, 5.74) is 4.07. The molecule has 1 aliphatic rings. The van der Waals surface area contributed by atoms with Gasteiger partial charge in [0.05, 0.1) is 12.7 Å². The molecule has 3 heteroatoms. The highest BCUT2D eigenvalue weighted by Crippen LogP contribution is 2.22. The smallest absolute Gasteiger partial charge is 0.0748 e. The minimum Gasteiger partial charge on any atom is -0.375 e. The van der Waals surface area contributed by atoms with E-state index in [0.29, 0.717) is 6.10 Å². The molecule has 1 atom stereocenters. The van der Waals surface area contributed by atoms with E-state index < -0.39 is 0 Å². The van der Waals surface area contributed by atoms with Crippen molar-refractivity contribution in [3.63, 3.8) is 0 Å².